The lowest BCUT2D eigenvalue weighted by Crippen LogP contribution is -2.49. The average molecular weight is 262 g/mol. The van der Waals surface area contributed by atoms with Gasteiger partial charge in [-0.1, -0.05) is 0 Å². The van der Waals surface area contributed by atoms with E-state index in [-0.39, 0.29) is 6.10 Å². The summed E-state index contributed by atoms with van der Waals surface area (Å²) in [7, 11) is 3.55. The lowest BCUT2D eigenvalue weighted by atomic mass is 10.2. The average Bonchev–Trinajstić information content (AvgIpc) is 2.35. The molecule has 0 aromatic rings. The number of likely N-dealkylation sites (N-methyl/N-ethyl adjacent to an activating group) is 1. The summed E-state index contributed by atoms with van der Waals surface area (Å²) in [5.74, 6) is 0. The molecule has 2 atom stereocenters. The van der Waals surface area contributed by atoms with Crippen molar-refractivity contribution in [2.24, 2.45) is 0 Å². The highest BCUT2D eigenvalue weighted by atomic mass is 16.5. The van der Waals surface area contributed by atoms with Crippen LogP contribution < -0.4 is 5.32 Å². The van der Waals surface area contributed by atoms with Crippen molar-refractivity contribution in [2.45, 2.75) is 12.2 Å². The molecule has 1 fully saturated rings. The second-order valence-electron chi connectivity index (χ2n) is 4.53. The van der Waals surface area contributed by atoms with Crippen LogP contribution in [0.4, 0.5) is 0 Å². The number of aliphatic hydroxyl groups is 1. The summed E-state index contributed by atoms with van der Waals surface area (Å²) >= 11 is 0. The molecule has 6 nitrogen and oxygen atoms in total. The Kier molecular flexibility index (Phi) is 8.49. The number of rotatable bonds is 9. The standard InChI is InChI=1S/C12H26N2O4/c1-13-7-12-9-14(3-4-18-12)8-11(15)10-17-6-5-16-2/h11-13,15H,3-10H2,1-2H3. The van der Waals surface area contributed by atoms with Crippen molar-refractivity contribution in [3.8, 4) is 0 Å². The summed E-state index contributed by atoms with van der Waals surface area (Å²) in [4.78, 5) is 2.22. The highest BCUT2D eigenvalue weighted by Gasteiger charge is 2.21. The summed E-state index contributed by atoms with van der Waals surface area (Å²) in [5, 5.41) is 13.0. The summed E-state index contributed by atoms with van der Waals surface area (Å²) in [6.45, 7) is 5.38. The summed E-state index contributed by atoms with van der Waals surface area (Å²) in [5.41, 5.74) is 0. The second-order valence-corrected chi connectivity index (χ2v) is 4.53. The van der Waals surface area contributed by atoms with Crippen LogP contribution in [0.15, 0.2) is 0 Å². The minimum Gasteiger partial charge on any atom is -0.389 e. The third kappa shape index (κ3) is 6.63. The van der Waals surface area contributed by atoms with Gasteiger partial charge in [0.15, 0.2) is 0 Å². The monoisotopic (exact) mass is 262 g/mol. The van der Waals surface area contributed by atoms with Crippen LogP contribution in [0.5, 0.6) is 0 Å². The molecular formula is C12H26N2O4. The van der Waals surface area contributed by atoms with Crippen LogP contribution in [0.2, 0.25) is 0 Å². The molecule has 18 heavy (non-hydrogen) atoms. The molecule has 108 valence electrons. The third-order valence-corrected chi connectivity index (χ3v) is 2.87. The van der Waals surface area contributed by atoms with Gasteiger partial charge >= 0.3 is 0 Å². The number of hydrogen-bond acceptors (Lipinski definition) is 6. The molecule has 1 aliphatic heterocycles. The number of hydrogen-bond donors (Lipinski definition) is 2. The molecule has 0 aliphatic carbocycles. The second kappa shape index (κ2) is 9.66. The van der Waals surface area contributed by atoms with E-state index in [0.717, 1.165) is 26.2 Å². The summed E-state index contributed by atoms with van der Waals surface area (Å²) < 4.78 is 15.8. The van der Waals surface area contributed by atoms with Crippen molar-refractivity contribution in [2.75, 3.05) is 66.8 Å². The zero-order valence-electron chi connectivity index (χ0n) is 11.4. The third-order valence-electron chi connectivity index (χ3n) is 2.87. The maximum Gasteiger partial charge on any atom is 0.0900 e. The van der Waals surface area contributed by atoms with E-state index in [4.69, 9.17) is 14.2 Å². The van der Waals surface area contributed by atoms with E-state index in [2.05, 4.69) is 10.2 Å². The quantitative estimate of drug-likeness (QED) is 0.516. The Labute approximate surface area is 109 Å². The van der Waals surface area contributed by atoms with Gasteiger partial charge in [-0.15, -0.1) is 0 Å². The first-order valence-electron chi connectivity index (χ1n) is 6.49. The van der Waals surface area contributed by atoms with Crippen molar-refractivity contribution in [1.82, 2.24) is 10.2 Å². The van der Waals surface area contributed by atoms with Gasteiger partial charge < -0.3 is 24.6 Å². The van der Waals surface area contributed by atoms with Crippen LogP contribution in [-0.4, -0.2) is 89.0 Å². The number of aliphatic hydroxyl groups excluding tert-OH is 1. The van der Waals surface area contributed by atoms with Gasteiger partial charge in [0.25, 0.3) is 0 Å². The van der Waals surface area contributed by atoms with Crippen molar-refractivity contribution in [3.05, 3.63) is 0 Å². The number of methoxy groups -OCH3 is 1. The first-order chi connectivity index (χ1) is 8.76. The summed E-state index contributed by atoms with van der Waals surface area (Å²) in [6, 6.07) is 0. The molecule has 2 N–H and O–H groups in total. The molecule has 1 rings (SSSR count). The Balaban J connectivity index is 2.12. The van der Waals surface area contributed by atoms with Crippen LogP contribution in [0.1, 0.15) is 0 Å². The lowest BCUT2D eigenvalue weighted by molar-refractivity contribution is -0.0517. The van der Waals surface area contributed by atoms with Crippen molar-refractivity contribution in [3.63, 3.8) is 0 Å². The van der Waals surface area contributed by atoms with Gasteiger partial charge in [-0.25, -0.2) is 0 Å². The van der Waals surface area contributed by atoms with E-state index in [1.54, 1.807) is 7.11 Å². The lowest BCUT2D eigenvalue weighted by Gasteiger charge is -2.33. The van der Waals surface area contributed by atoms with Gasteiger partial charge in [0.1, 0.15) is 0 Å². The van der Waals surface area contributed by atoms with E-state index in [0.29, 0.717) is 26.4 Å². The topological polar surface area (TPSA) is 63.2 Å². The number of ether oxygens (including phenoxy) is 3. The molecule has 6 heteroatoms. The Morgan fingerprint density at radius 3 is 3.06 bits per heavy atom. The van der Waals surface area contributed by atoms with E-state index in [1.165, 1.54) is 0 Å². The summed E-state index contributed by atoms with van der Waals surface area (Å²) in [6.07, 6.45) is -0.236. The minimum atomic E-state index is -0.449. The van der Waals surface area contributed by atoms with Gasteiger partial charge in [0, 0.05) is 33.3 Å². The van der Waals surface area contributed by atoms with Gasteiger partial charge in [-0.2, -0.15) is 0 Å². The molecule has 1 aliphatic rings. The van der Waals surface area contributed by atoms with Crippen molar-refractivity contribution in [1.29, 1.82) is 0 Å². The SMILES string of the molecule is CNCC1CN(CC(O)COCCOC)CCO1. The normalized spacial score (nSPS) is 23.2. The van der Waals surface area contributed by atoms with E-state index >= 15 is 0 Å². The van der Waals surface area contributed by atoms with Crippen LogP contribution in [0.3, 0.4) is 0 Å². The van der Waals surface area contributed by atoms with Gasteiger partial charge in [0.05, 0.1) is 38.6 Å². The minimum absolute atomic E-state index is 0.213. The molecule has 0 aromatic carbocycles. The molecule has 0 saturated carbocycles. The number of morpholine rings is 1. The molecule has 1 saturated heterocycles. The zero-order valence-corrected chi connectivity index (χ0v) is 11.4. The fourth-order valence-corrected chi connectivity index (χ4v) is 2.01. The smallest absolute Gasteiger partial charge is 0.0900 e. The van der Waals surface area contributed by atoms with E-state index in [9.17, 15) is 5.11 Å². The van der Waals surface area contributed by atoms with Gasteiger partial charge in [-0.05, 0) is 7.05 Å². The van der Waals surface area contributed by atoms with Crippen LogP contribution in [-0.2, 0) is 14.2 Å². The first-order valence-corrected chi connectivity index (χ1v) is 6.49. The van der Waals surface area contributed by atoms with Crippen LogP contribution in [0.25, 0.3) is 0 Å². The van der Waals surface area contributed by atoms with Crippen LogP contribution >= 0.6 is 0 Å². The Hall–Kier alpha value is -0.240. The molecular weight excluding hydrogens is 236 g/mol. The first kappa shape index (κ1) is 15.8. The molecule has 1 heterocycles. The van der Waals surface area contributed by atoms with Crippen LogP contribution in [0, 0.1) is 0 Å². The Morgan fingerprint density at radius 1 is 1.50 bits per heavy atom. The number of β-amino-alcohol motifs (C(OH)–C–C–N with tert-alkyl or cyclic N) is 1. The van der Waals surface area contributed by atoms with E-state index < -0.39 is 6.10 Å². The zero-order chi connectivity index (χ0) is 13.2. The Morgan fingerprint density at radius 2 is 2.33 bits per heavy atom. The van der Waals surface area contributed by atoms with Gasteiger partial charge in [-0.3, -0.25) is 4.90 Å². The van der Waals surface area contributed by atoms with E-state index in [1.807, 2.05) is 7.05 Å². The molecule has 0 spiro atoms. The maximum atomic E-state index is 9.85. The van der Waals surface area contributed by atoms with Crippen molar-refractivity contribution >= 4 is 0 Å². The number of nitrogens with zero attached hydrogens (tertiary/aromatic N) is 1. The molecule has 0 bridgehead atoms. The predicted octanol–water partition coefficient (Wildman–Crippen LogP) is -1.07. The largest absolute Gasteiger partial charge is 0.389 e. The molecule has 2 unspecified atom stereocenters. The molecule has 0 amide bonds. The highest BCUT2D eigenvalue weighted by Crippen LogP contribution is 2.05. The Bertz CT molecular complexity index is 205. The molecule has 0 aromatic heterocycles. The maximum absolute atomic E-state index is 9.85. The fourth-order valence-electron chi connectivity index (χ4n) is 2.01. The van der Waals surface area contributed by atoms with Crippen molar-refractivity contribution < 1.29 is 19.3 Å². The highest BCUT2D eigenvalue weighted by molar-refractivity contribution is 4.74. The van der Waals surface area contributed by atoms with Gasteiger partial charge in [0.2, 0.25) is 0 Å². The predicted molar refractivity (Wildman–Crippen MR) is 68.8 cm³/mol. The number of nitrogens with one attached hydrogen (secondary N) is 1. The fraction of sp³-hybridized carbons (Fsp3) is 1.00. The molecule has 0 radical (unpaired) electrons.